The van der Waals surface area contributed by atoms with Gasteiger partial charge in [-0.2, -0.15) is 0 Å². The van der Waals surface area contributed by atoms with Crippen LogP contribution in [0.1, 0.15) is 35.7 Å². The molecule has 0 N–H and O–H groups in total. The second kappa shape index (κ2) is 7.38. The average molecular weight is 426 g/mol. The molecule has 4 aromatic rings. The number of hydrogen-bond donors (Lipinski definition) is 0. The summed E-state index contributed by atoms with van der Waals surface area (Å²) in [5.74, 6) is 0.588. The van der Waals surface area contributed by atoms with Crippen LogP contribution < -0.4 is 10.3 Å². The number of hydrogen-bond acceptors (Lipinski definition) is 3. The molecule has 2 aromatic carbocycles. The highest BCUT2D eigenvalue weighted by molar-refractivity contribution is 5.88. The van der Waals surface area contributed by atoms with Gasteiger partial charge in [0, 0.05) is 48.9 Å². The van der Waals surface area contributed by atoms with Crippen molar-refractivity contribution in [2.75, 3.05) is 7.05 Å². The fraction of sp³-hybridized carbons (Fsp3) is 0.296. The highest BCUT2D eigenvalue weighted by Crippen LogP contribution is 2.46. The molecular weight excluding hydrogens is 398 g/mol. The van der Waals surface area contributed by atoms with Gasteiger partial charge in [-0.1, -0.05) is 36.4 Å². The van der Waals surface area contributed by atoms with Crippen LogP contribution in [0.4, 0.5) is 0 Å². The molecule has 2 aliphatic heterocycles. The van der Waals surface area contributed by atoms with E-state index in [0.29, 0.717) is 24.4 Å². The third-order valence-corrected chi connectivity index (χ3v) is 7.37. The maximum absolute atomic E-state index is 12.9. The van der Waals surface area contributed by atoms with Crippen LogP contribution in [0, 0.1) is 0 Å². The van der Waals surface area contributed by atoms with E-state index < -0.39 is 0 Å². The Labute approximate surface area is 187 Å². The number of aryl methyl sites for hydroxylation is 1. The topological polar surface area (TPSA) is 39.4 Å². The second-order valence-electron chi connectivity index (χ2n) is 9.08. The van der Waals surface area contributed by atoms with Crippen LogP contribution >= 0.6 is 0 Å². The number of pyridine rings is 1. The average Bonchev–Trinajstić information content (AvgIpc) is 3.21. The Morgan fingerprint density at radius 2 is 1.84 bits per heavy atom. The highest BCUT2D eigenvalue weighted by Gasteiger charge is 2.40. The van der Waals surface area contributed by atoms with E-state index in [1.165, 1.54) is 35.0 Å². The zero-order chi connectivity index (χ0) is 21.8. The van der Waals surface area contributed by atoms with Gasteiger partial charge in [-0.3, -0.25) is 14.3 Å². The maximum Gasteiger partial charge on any atom is 0.258 e. The Balaban J connectivity index is 1.33. The molecule has 5 nitrogen and oxygen atoms in total. The molecule has 1 saturated heterocycles. The van der Waals surface area contributed by atoms with E-state index in [1.807, 2.05) is 42.6 Å². The van der Waals surface area contributed by atoms with E-state index in [4.69, 9.17) is 4.74 Å². The van der Waals surface area contributed by atoms with Crippen molar-refractivity contribution in [2.45, 2.75) is 38.0 Å². The van der Waals surface area contributed by atoms with Gasteiger partial charge in [0.25, 0.3) is 5.56 Å². The Bertz CT molecular complexity index is 1370. The first-order valence-corrected chi connectivity index (χ1v) is 11.3. The van der Waals surface area contributed by atoms with Gasteiger partial charge >= 0.3 is 0 Å². The van der Waals surface area contributed by atoms with Crippen LogP contribution in [0.2, 0.25) is 0 Å². The van der Waals surface area contributed by atoms with Gasteiger partial charge in [-0.05, 0) is 49.2 Å². The number of fused-ring (bicyclic) bond motifs is 6. The van der Waals surface area contributed by atoms with E-state index >= 15 is 0 Å². The van der Waals surface area contributed by atoms with Crippen molar-refractivity contribution in [2.24, 2.45) is 7.05 Å². The molecule has 2 bridgehead atoms. The SMILES string of the molecule is CN1C2CCC1c1c(n(C)c3cc(-n4ccc(OCc5ccccc5)cc4=O)ccc13)C2. The number of rotatable bonds is 4. The molecule has 4 heterocycles. The van der Waals surface area contributed by atoms with Crippen molar-refractivity contribution < 1.29 is 4.74 Å². The second-order valence-corrected chi connectivity index (χ2v) is 9.08. The smallest absolute Gasteiger partial charge is 0.258 e. The van der Waals surface area contributed by atoms with Crippen molar-refractivity contribution in [1.82, 2.24) is 14.0 Å². The van der Waals surface area contributed by atoms with Crippen molar-refractivity contribution >= 4 is 10.9 Å². The van der Waals surface area contributed by atoms with E-state index in [0.717, 1.165) is 17.7 Å². The summed E-state index contributed by atoms with van der Waals surface area (Å²) >= 11 is 0. The summed E-state index contributed by atoms with van der Waals surface area (Å²) < 4.78 is 9.86. The first kappa shape index (κ1) is 19.4. The standard InChI is InChI=1S/C27H27N3O2/c1-28-19-9-11-23(28)27-22-10-8-20(15-24(22)29(2)25(27)14-19)30-13-12-21(16-26(30)31)32-17-18-6-4-3-5-7-18/h3-8,10,12-13,15-16,19,23H,9,11,14,17H2,1-2H3. The maximum atomic E-state index is 12.9. The lowest BCUT2D eigenvalue weighted by molar-refractivity contribution is 0.222. The Hall–Kier alpha value is -3.31. The van der Waals surface area contributed by atoms with E-state index in [2.05, 4.69) is 41.8 Å². The number of ether oxygens (including phenoxy) is 1. The van der Waals surface area contributed by atoms with Gasteiger partial charge in [0.05, 0.1) is 11.2 Å². The number of likely N-dealkylation sites (N-methyl/N-ethyl adjacent to an activating group) is 1. The van der Waals surface area contributed by atoms with Crippen LogP contribution in [0.3, 0.4) is 0 Å². The number of nitrogens with zero attached hydrogens (tertiary/aromatic N) is 3. The van der Waals surface area contributed by atoms with Crippen molar-refractivity contribution in [3.8, 4) is 11.4 Å². The van der Waals surface area contributed by atoms with Gasteiger partial charge in [-0.25, -0.2) is 0 Å². The summed E-state index contributed by atoms with van der Waals surface area (Å²) in [5.41, 5.74) is 6.02. The summed E-state index contributed by atoms with van der Waals surface area (Å²) in [6, 6.07) is 21.0. The Morgan fingerprint density at radius 1 is 1.00 bits per heavy atom. The molecule has 2 atom stereocenters. The number of benzene rings is 2. The molecule has 2 unspecified atom stereocenters. The lowest BCUT2D eigenvalue weighted by Gasteiger charge is -2.32. The fourth-order valence-electron chi connectivity index (χ4n) is 5.61. The predicted octanol–water partition coefficient (Wildman–Crippen LogP) is 4.60. The molecule has 2 aromatic heterocycles. The van der Waals surface area contributed by atoms with Crippen molar-refractivity contribution in [3.05, 3.63) is 94.0 Å². The molecule has 0 radical (unpaired) electrons. The third kappa shape index (κ3) is 3.00. The third-order valence-electron chi connectivity index (χ3n) is 7.37. The molecule has 5 heteroatoms. The van der Waals surface area contributed by atoms with Gasteiger partial charge in [-0.15, -0.1) is 0 Å². The van der Waals surface area contributed by atoms with Crippen LogP contribution in [-0.4, -0.2) is 27.1 Å². The largest absolute Gasteiger partial charge is 0.489 e. The van der Waals surface area contributed by atoms with Crippen molar-refractivity contribution in [3.63, 3.8) is 0 Å². The molecule has 0 spiro atoms. The highest BCUT2D eigenvalue weighted by atomic mass is 16.5. The molecule has 1 fully saturated rings. The molecule has 6 rings (SSSR count). The van der Waals surface area contributed by atoms with Crippen LogP contribution in [0.5, 0.6) is 5.75 Å². The fourth-order valence-corrected chi connectivity index (χ4v) is 5.61. The molecule has 2 aliphatic rings. The minimum Gasteiger partial charge on any atom is -0.489 e. The molecule has 162 valence electrons. The van der Waals surface area contributed by atoms with E-state index in [9.17, 15) is 4.79 Å². The molecule has 32 heavy (non-hydrogen) atoms. The monoisotopic (exact) mass is 425 g/mol. The van der Waals surface area contributed by atoms with E-state index in [-0.39, 0.29) is 5.56 Å². The quantitative estimate of drug-likeness (QED) is 0.480. The Kier molecular flexibility index (Phi) is 4.47. The summed E-state index contributed by atoms with van der Waals surface area (Å²) in [7, 11) is 4.43. The van der Waals surface area contributed by atoms with Gasteiger partial charge in [0.15, 0.2) is 0 Å². The first-order chi connectivity index (χ1) is 15.6. The zero-order valence-corrected chi connectivity index (χ0v) is 18.5. The molecule has 0 aliphatic carbocycles. The minimum absolute atomic E-state index is 0.0901. The summed E-state index contributed by atoms with van der Waals surface area (Å²) in [4.78, 5) is 15.4. The predicted molar refractivity (Wildman–Crippen MR) is 127 cm³/mol. The summed E-state index contributed by atoms with van der Waals surface area (Å²) in [6.45, 7) is 0.446. The normalized spacial score (nSPS) is 19.9. The lowest BCUT2D eigenvalue weighted by Crippen LogP contribution is -2.34. The molecular formula is C27H27N3O2. The minimum atomic E-state index is -0.0901. The van der Waals surface area contributed by atoms with Crippen molar-refractivity contribution in [1.29, 1.82) is 0 Å². The van der Waals surface area contributed by atoms with Crippen LogP contribution in [0.15, 0.2) is 71.7 Å². The summed E-state index contributed by atoms with van der Waals surface area (Å²) in [6.07, 6.45) is 5.43. The first-order valence-electron chi connectivity index (χ1n) is 11.3. The zero-order valence-electron chi connectivity index (χ0n) is 18.5. The van der Waals surface area contributed by atoms with Gasteiger partial charge in [0.1, 0.15) is 12.4 Å². The summed E-state index contributed by atoms with van der Waals surface area (Å²) in [5, 5.41) is 1.32. The van der Waals surface area contributed by atoms with Crippen LogP contribution in [-0.2, 0) is 20.1 Å². The molecule has 0 amide bonds. The Morgan fingerprint density at radius 3 is 2.66 bits per heavy atom. The van der Waals surface area contributed by atoms with Gasteiger partial charge < -0.3 is 9.30 Å². The van der Waals surface area contributed by atoms with Gasteiger partial charge in [0.2, 0.25) is 0 Å². The molecule has 0 saturated carbocycles. The lowest BCUT2D eigenvalue weighted by atomic mass is 9.97. The van der Waals surface area contributed by atoms with Crippen LogP contribution in [0.25, 0.3) is 16.6 Å². The van der Waals surface area contributed by atoms with E-state index in [1.54, 1.807) is 10.6 Å². The number of aromatic nitrogens is 2.